The molecule has 5 rings (SSSR count). The standard InChI is InChI=1S/C19H14BrN3O/c1-11-23-17-5-3-14(20)6-13(17)7-18(23)15-4-2-12(8-19(15)24-11)16-9-21-10-22-16/h2-11H,1H3,(H,21,22). The molecule has 1 aliphatic rings. The SMILES string of the molecule is CC1Oc2cc(-c3cnc[nH]3)ccc2-c2cc3cc(Br)ccc3n21. The van der Waals surface area contributed by atoms with Crippen LogP contribution in [-0.4, -0.2) is 14.5 Å². The van der Waals surface area contributed by atoms with Gasteiger partial charge in [-0.2, -0.15) is 0 Å². The molecular formula is C19H14BrN3O. The number of H-pyrrole nitrogens is 1. The van der Waals surface area contributed by atoms with Crippen LogP contribution in [-0.2, 0) is 0 Å². The Bertz CT molecular complexity index is 1070. The first-order valence-electron chi connectivity index (χ1n) is 7.81. The number of nitrogens with zero attached hydrogens (tertiary/aromatic N) is 2. The van der Waals surface area contributed by atoms with Crippen LogP contribution in [0.15, 0.2) is 59.5 Å². The number of aromatic nitrogens is 3. The van der Waals surface area contributed by atoms with E-state index >= 15 is 0 Å². The van der Waals surface area contributed by atoms with Crippen LogP contribution >= 0.6 is 15.9 Å². The van der Waals surface area contributed by atoms with E-state index in [1.165, 1.54) is 16.6 Å². The van der Waals surface area contributed by atoms with Gasteiger partial charge in [-0.25, -0.2) is 4.98 Å². The molecule has 4 nitrogen and oxygen atoms in total. The second-order valence-electron chi connectivity index (χ2n) is 6.00. The van der Waals surface area contributed by atoms with E-state index in [1.54, 1.807) is 6.33 Å². The van der Waals surface area contributed by atoms with E-state index in [9.17, 15) is 0 Å². The van der Waals surface area contributed by atoms with Crippen LogP contribution < -0.4 is 4.74 Å². The summed E-state index contributed by atoms with van der Waals surface area (Å²) in [5, 5.41) is 1.21. The number of imidazole rings is 1. The highest BCUT2D eigenvalue weighted by Gasteiger charge is 2.25. The monoisotopic (exact) mass is 379 g/mol. The van der Waals surface area contributed by atoms with Crippen molar-refractivity contribution in [1.82, 2.24) is 14.5 Å². The summed E-state index contributed by atoms with van der Waals surface area (Å²) in [4.78, 5) is 7.23. The van der Waals surface area contributed by atoms with E-state index < -0.39 is 0 Å². The van der Waals surface area contributed by atoms with Gasteiger partial charge in [0.15, 0.2) is 6.23 Å². The van der Waals surface area contributed by atoms with Crippen LogP contribution in [0.2, 0.25) is 0 Å². The predicted molar refractivity (Wildman–Crippen MR) is 98.0 cm³/mol. The van der Waals surface area contributed by atoms with Crippen molar-refractivity contribution in [2.75, 3.05) is 0 Å². The number of ether oxygens (including phenoxy) is 1. The van der Waals surface area contributed by atoms with Crippen molar-refractivity contribution in [3.8, 4) is 28.3 Å². The van der Waals surface area contributed by atoms with Gasteiger partial charge in [0.2, 0.25) is 0 Å². The molecule has 0 aliphatic carbocycles. The molecular weight excluding hydrogens is 366 g/mol. The Morgan fingerprint density at radius 1 is 1.17 bits per heavy atom. The van der Waals surface area contributed by atoms with Gasteiger partial charge in [0.25, 0.3) is 0 Å². The molecule has 0 saturated heterocycles. The van der Waals surface area contributed by atoms with Gasteiger partial charge in [-0.05, 0) is 43.3 Å². The number of halogens is 1. The molecule has 0 fully saturated rings. The lowest BCUT2D eigenvalue weighted by atomic mass is 10.0. The van der Waals surface area contributed by atoms with Crippen molar-refractivity contribution in [1.29, 1.82) is 0 Å². The van der Waals surface area contributed by atoms with Crippen LogP contribution in [0.4, 0.5) is 0 Å². The highest BCUT2D eigenvalue weighted by molar-refractivity contribution is 9.10. The number of hydrogen-bond acceptors (Lipinski definition) is 2. The number of nitrogens with one attached hydrogen (secondary N) is 1. The molecule has 1 unspecified atom stereocenters. The van der Waals surface area contributed by atoms with Gasteiger partial charge in [-0.3, -0.25) is 0 Å². The van der Waals surface area contributed by atoms with E-state index in [0.29, 0.717) is 0 Å². The highest BCUT2D eigenvalue weighted by Crippen LogP contribution is 2.43. The first kappa shape index (κ1) is 13.9. The van der Waals surface area contributed by atoms with E-state index in [-0.39, 0.29) is 6.23 Å². The van der Waals surface area contributed by atoms with Crippen molar-refractivity contribution in [3.63, 3.8) is 0 Å². The molecule has 2 aromatic carbocycles. The maximum absolute atomic E-state index is 6.21. The number of benzene rings is 2. The van der Waals surface area contributed by atoms with Gasteiger partial charge in [0, 0.05) is 21.0 Å². The molecule has 24 heavy (non-hydrogen) atoms. The maximum atomic E-state index is 6.21. The van der Waals surface area contributed by atoms with E-state index in [0.717, 1.165) is 27.0 Å². The van der Waals surface area contributed by atoms with Gasteiger partial charge < -0.3 is 14.3 Å². The van der Waals surface area contributed by atoms with Crippen molar-refractivity contribution in [2.24, 2.45) is 0 Å². The molecule has 0 spiro atoms. The highest BCUT2D eigenvalue weighted by atomic mass is 79.9. The molecule has 0 amide bonds. The number of aromatic amines is 1. The number of hydrogen-bond donors (Lipinski definition) is 1. The Labute approximate surface area is 147 Å². The normalized spacial score (nSPS) is 15.8. The second kappa shape index (κ2) is 4.98. The van der Waals surface area contributed by atoms with Crippen LogP contribution in [0, 0.1) is 0 Å². The Morgan fingerprint density at radius 2 is 2.08 bits per heavy atom. The zero-order chi connectivity index (χ0) is 16.3. The quantitative estimate of drug-likeness (QED) is 0.482. The Hall–Kier alpha value is -2.53. The summed E-state index contributed by atoms with van der Waals surface area (Å²) in [5.74, 6) is 0.906. The minimum atomic E-state index is -0.0526. The zero-order valence-electron chi connectivity index (χ0n) is 13.0. The Morgan fingerprint density at radius 3 is 2.92 bits per heavy atom. The minimum Gasteiger partial charge on any atom is -0.470 e. The predicted octanol–water partition coefficient (Wildman–Crippen LogP) is 5.37. The maximum Gasteiger partial charge on any atom is 0.173 e. The molecule has 1 aliphatic heterocycles. The first-order valence-corrected chi connectivity index (χ1v) is 8.60. The molecule has 1 atom stereocenters. The lowest BCUT2D eigenvalue weighted by molar-refractivity contribution is 0.152. The summed E-state index contributed by atoms with van der Waals surface area (Å²) >= 11 is 3.55. The largest absolute Gasteiger partial charge is 0.470 e. The molecule has 4 aromatic rings. The molecule has 118 valence electrons. The third-order valence-electron chi connectivity index (χ3n) is 4.53. The van der Waals surface area contributed by atoms with E-state index in [4.69, 9.17) is 4.74 Å². The second-order valence-corrected chi connectivity index (χ2v) is 6.91. The molecule has 0 radical (unpaired) electrons. The molecule has 3 heterocycles. The lowest BCUT2D eigenvalue weighted by Gasteiger charge is -2.27. The summed E-state index contributed by atoms with van der Waals surface area (Å²) in [6.45, 7) is 2.08. The van der Waals surface area contributed by atoms with Crippen LogP contribution in [0.5, 0.6) is 5.75 Å². The smallest absolute Gasteiger partial charge is 0.173 e. The third-order valence-corrected chi connectivity index (χ3v) is 5.02. The van der Waals surface area contributed by atoms with Crippen molar-refractivity contribution >= 4 is 26.8 Å². The Kier molecular flexibility index (Phi) is 2.88. The van der Waals surface area contributed by atoms with Gasteiger partial charge in [0.1, 0.15) is 5.75 Å². The molecule has 0 bridgehead atoms. The van der Waals surface area contributed by atoms with E-state index in [1.807, 2.05) is 6.20 Å². The molecule has 0 saturated carbocycles. The van der Waals surface area contributed by atoms with Crippen LogP contribution in [0.25, 0.3) is 33.4 Å². The summed E-state index contributed by atoms with van der Waals surface area (Å²) in [6.07, 6.45) is 3.46. The lowest BCUT2D eigenvalue weighted by Crippen LogP contribution is -2.17. The summed E-state index contributed by atoms with van der Waals surface area (Å²) in [5.41, 5.74) is 5.55. The topological polar surface area (TPSA) is 42.8 Å². The average molecular weight is 380 g/mol. The number of rotatable bonds is 1. The van der Waals surface area contributed by atoms with E-state index in [2.05, 4.69) is 79.9 Å². The zero-order valence-corrected chi connectivity index (χ0v) is 14.5. The summed E-state index contributed by atoms with van der Waals surface area (Å²) in [6, 6.07) is 14.9. The molecule has 1 N–H and O–H groups in total. The van der Waals surface area contributed by atoms with Crippen LogP contribution in [0.3, 0.4) is 0 Å². The molecule has 5 heteroatoms. The fraction of sp³-hybridized carbons (Fsp3) is 0.105. The average Bonchev–Trinajstić information content (AvgIpc) is 3.21. The van der Waals surface area contributed by atoms with Crippen molar-refractivity contribution in [3.05, 3.63) is 59.5 Å². The Balaban J connectivity index is 1.74. The fourth-order valence-corrected chi connectivity index (χ4v) is 3.83. The fourth-order valence-electron chi connectivity index (χ4n) is 3.46. The van der Waals surface area contributed by atoms with Gasteiger partial charge >= 0.3 is 0 Å². The van der Waals surface area contributed by atoms with Gasteiger partial charge in [0.05, 0.1) is 29.4 Å². The van der Waals surface area contributed by atoms with Gasteiger partial charge in [-0.1, -0.05) is 22.0 Å². The number of fused-ring (bicyclic) bond motifs is 5. The summed E-state index contributed by atoms with van der Waals surface area (Å²) in [7, 11) is 0. The summed E-state index contributed by atoms with van der Waals surface area (Å²) < 4.78 is 9.55. The third kappa shape index (κ3) is 1.94. The van der Waals surface area contributed by atoms with Gasteiger partial charge in [-0.15, -0.1) is 0 Å². The minimum absolute atomic E-state index is 0.0526. The van der Waals surface area contributed by atoms with Crippen molar-refractivity contribution in [2.45, 2.75) is 13.2 Å². The molecule has 2 aromatic heterocycles. The van der Waals surface area contributed by atoms with Crippen molar-refractivity contribution < 1.29 is 4.74 Å². The van der Waals surface area contributed by atoms with Crippen LogP contribution in [0.1, 0.15) is 13.2 Å². The first-order chi connectivity index (χ1) is 11.7.